The van der Waals surface area contributed by atoms with Crippen LogP contribution in [-0.2, 0) is 9.53 Å². The van der Waals surface area contributed by atoms with E-state index in [1.807, 2.05) is 11.8 Å². The van der Waals surface area contributed by atoms with Crippen LogP contribution in [0.5, 0.6) is 0 Å². The molecule has 4 heterocycles. The summed E-state index contributed by atoms with van der Waals surface area (Å²) in [5, 5.41) is 2.94. The molecule has 0 spiro atoms. The van der Waals surface area contributed by atoms with E-state index in [1.165, 1.54) is 4.57 Å². The molecule has 10 nitrogen and oxygen atoms in total. The van der Waals surface area contributed by atoms with Crippen LogP contribution in [0.1, 0.15) is 32.0 Å². The Morgan fingerprint density at radius 1 is 1.17 bits per heavy atom. The number of morpholine rings is 1. The van der Waals surface area contributed by atoms with Crippen LogP contribution >= 0.6 is 0 Å². The Morgan fingerprint density at radius 2 is 1.92 bits per heavy atom. The molecule has 1 atom stereocenters. The fourth-order valence-electron chi connectivity index (χ4n) is 4.81. The minimum absolute atomic E-state index is 0.0353. The number of para-hydroxylation sites is 2. The number of carbonyl (C=O) groups is 1. The molecule has 5 rings (SSSR count). The molecule has 3 N–H and O–H groups in total. The number of nitrogens with zero attached hydrogens (tertiary/aromatic N) is 6. The number of benzene rings is 1. The molecular formula is C24H30F2N8O2. The van der Waals surface area contributed by atoms with Crippen LogP contribution in [0.25, 0.3) is 16.9 Å². The highest BCUT2D eigenvalue weighted by molar-refractivity contribution is 5.79. The van der Waals surface area contributed by atoms with Crippen molar-refractivity contribution < 1.29 is 18.3 Å². The molecule has 3 aromatic rings. The van der Waals surface area contributed by atoms with Crippen molar-refractivity contribution in [3.05, 3.63) is 36.2 Å². The summed E-state index contributed by atoms with van der Waals surface area (Å²) in [7, 11) is 0. The van der Waals surface area contributed by atoms with Crippen molar-refractivity contribution in [2.45, 2.75) is 38.3 Å². The van der Waals surface area contributed by atoms with E-state index in [-0.39, 0.29) is 30.4 Å². The quantitative estimate of drug-likeness (QED) is 0.529. The van der Waals surface area contributed by atoms with E-state index >= 15 is 0 Å². The molecule has 192 valence electrons. The van der Waals surface area contributed by atoms with Crippen molar-refractivity contribution in [2.24, 2.45) is 5.73 Å². The second-order valence-corrected chi connectivity index (χ2v) is 9.13. The van der Waals surface area contributed by atoms with Gasteiger partial charge in [0.1, 0.15) is 11.6 Å². The van der Waals surface area contributed by atoms with Crippen molar-refractivity contribution in [3.63, 3.8) is 0 Å². The number of carbonyl (C=O) groups excluding carboxylic acids is 1. The van der Waals surface area contributed by atoms with Gasteiger partial charge in [0.2, 0.25) is 11.9 Å². The predicted molar refractivity (Wildman–Crippen MR) is 132 cm³/mol. The van der Waals surface area contributed by atoms with Crippen LogP contribution in [0, 0.1) is 0 Å². The Labute approximate surface area is 207 Å². The van der Waals surface area contributed by atoms with Gasteiger partial charge >= 0.3 is 0 Å². The summed E-state index contributed by atoms with van der Waals surface area (Å²) < 4.78 is 35.2. The minimum atomic E-state index is -2.77. The van der Waals surface area contributed by atoms with Crippen LogP contribution in [0.15, 0.2) is 30.3 Å². The monoisotopic (exact) mass is 500 g/mol. The van der Waals surface area contributed by atoms with E-state index in [1.54, 1.807) is 30.3 Å². The lowest BCUT2D eigenvalue weighted by Crippen LogP contribution is -2.47. The zero-order valence-corrected chi connectivity index (χ0v) is 20.1. The second kappa shape index (κ2) is 10.3. The van der Waals surface area contributed by atoms with Crippen LogP contribution in [0.3, 0.4) is 0 Å². The first kappa shape index (κ1) is 24.3. The lowest BCUT2D eigenvalue weighted by atomic mass is 10.0. The van der Waals surface area contributed by atoms with Gasteiger partial charge in [-0.1, -0.05) is 12.1 Å². The normalized spacial score (nSPS) is 19.3. The number of imidazole rings is 1. The maximum Gasteiger partial charge on any atom is 0.296 e. The first-order chi connectivity index (χ1) is 17.4. The van der Waals surface area contributed by atoms with Gasteiger partial charge in [-0.15, -0.1) is 0 Å². The van der Waals surface area contributed by atoms with Crippen LogP contribution in [0.2, 0.25) is 0 Å². The summed E-state index contributed by atoms with van der Waals surface area (Å²) >= 11 is 0. The van der Waals surface area contributed by atoms with Crippen LogP contribution in [-0.4, -0.2) is 76.9 Å². The summed E-state index contributed by atoms with van der Waals surface area (Å²) in [5.74, 6) is 0.930. The highest BCUT2D eigenvalue weighted by atomic mass is 19.3. The Balaban J connectivity index is 1.55. The number of amides is 1. The summed E-state index contributed by atoms with van der Waals surface area (Å²) in [6.07, 6.45) is -1.32. The highest BCUT2D eigenvalue weighted by Crippen LogP contribution is 2.31. The van der Waals surface area contributed by atoms with Gasteiger partial charge in [0, 0.05) is 31.7 Å². The van der Waals surface area contributed by atoms with Gasteiger partial charge in [0.05, 0.1) is 36.8 Å². The zero-order valence-electron chi connectivity index (χ0n) is 20.1. The van der Waals surface area contributed by atoms with Crippen molar-refractivity contribution in [1.82, 2.24) is 24.8 Å². The molecule has 2 saturated heterocycles. The summed E-state index contributed by atoms with van der Waals surface area (Å²) in [5.41, 5.74) is 6.46. The first-order valence-corrected chi connectivity index (χ1v) is 12.2. The molecule has 0 aliphatic carbocycles. The number of halogens is 2. The average Bonchev–Trinajstić information content (AvgIpc) is 3.29. The third-order valence-corrected chi connectivity index (χ3v) is 6.69. The maximum absolute atomic E-state index is 14.1. The molecule has 0 unspecified atom stereocenters. The van der Waals surface area contributed by atoms with Crippen molar-refractivity contribution in [1.29, 1.82) is 0 Å². The molecule has 0 radical (unpaired) electrons. The average molecular weight is 501 g/mol. The summed E-state index contributed by atoms with van der Waals surface area (Å²) in [4.78, 5) is 29.6. The number of piperidine rings is 1. The number of hydrogen-bond donors (Lipinski definition) is 2. The molecule has 2 fully saturated rings. The Bertz CT molecular complexity index is 1230. The second-order valence-electron chi connectivity index (χ2n) is 9.13. The van der Waals surface area contributed by atoms with E-state index in [0.29, 0.717) is 61.5 Å². The number of alkyl halides is 2. The number of anilines is 2. The number of aromatic nitrogens is 4. The number of rotatable bonds is 6. The van der Waals surface area contributed by atoms with E-state index in [2.05, 4.69) is 15.2 Å². The fraction of sp³-hybridized carbons (Fsp3) is 0.500. The third-order valence-electron chi connectivity index (χ3n) is 6.69. The molecule has 0 saturated carbocycles. The molecule has 2 aromatic heterocycles. The topological polar surface area (TPSA) is 114 Å². The van der Waals surface area contributed by atoms with Gasteiger partial charge in [-0.2, -0.15) is 9.97 Å². The van der Waals surface area contributed by atoms with Gasteiger partial charge in [-0.25, -0.2) is 13.8 Å². The van der Waals surface area contributed by atoms with E-state index in [0.717, 1.165) is 12.8 Å². The van der Waals surface area contributed by atoms with Gasteiger partial charge in [0.25, 0.3) is 6.43 Å². The highest BCUT2D eigenvalue weighted by Gasteiger charge is 2.28. The number of fused-ring (bicyclic) bond motifs is 1. The molecular weight excluding hydrogens is 470 g/mol. The summed E-state index contributed by atoms with van der Waals surface area (Å²) in [6, 6.07) is 8.86. The molecule has 1 aromatic carbocycles. The van der Waals surface area contributed by atoms with Gasteiger partial charge in [0.15, 0.2) is 5.82 Å². The van der Waals surface area contributed by atoms with Gasteiger partial charge < -0.3 is 25.6 Å². The fourth-order valence-corrected chi connectivity index (χ4v) is 4.81. The number of ether oxygens (including phenoxy) is 1. The van der Waals surface area contributed by atoms with Crippen molar-refractivity contribution in [2.75, 3.05) is 49.2 Å². The Kier molecular flexibility index (Phi) is 6.97. The number of nitrogens with two attached hydrogens (primary N) is 1. The van der Waals surface area contributed by atoms with Gasteiger partial charge in [-0.3, -0.25) is 9.36 Å². The molecule has 2 aliphatic heterocycles. The zero-order chi connectivity index (χ0) is 25.2. The van der Waals surface area contributed by atoms with Crippen molar-refractivity contribution >= 4 is 28.7 Å². The Hall–Kier alpha value is -3.38. The largest absolute Gasteiger partial charge is 0.377 e. The SMILES string of the molecule is C[C@H]1COCCN1c1nc(N2CCC(NC(=O)CN)CC2)cc(-n2c(C(F)F)nc3ccccc32)n1. The lowest BCUT2D eigenvalue weighted by molar-refractivity contribution is -0.120. The molecule has 0 bridgehead atoms. The Morgan fingerprint density at radius 3 is 2.64 bits per heavy atom. The van der Waals surface area contributed by atoms with Gasteiger partial charge in [-0.05, 0) is 31.9 Å². The smallest absolute Gasteiger partial charge is 0.296 e. The summed E-state index contributed by atoms with van der Waals surface area (Å²) in [6.45, 7) is 4.96. The number of hydrogen-bond acceptors (Lipinski definition) is 8. The van der Waals surface area contributed by atoms with Crippen LogP contribution in [0.4, 0.5) is 20.5 Å². The van der Waals surface area contributed by atoms with E-state index < -0.39 is 6.43 Å². The molecule has 36 heavy (non-hydrogen) atoms. The van der Waals surface area contributed by atoms with E-state index in [9.17, 15) is 13.6 Å². The first-order valence-electron chi connectivity index (χ1n) is 12.2. The van der Waals surface area contributed by atoms with Crippen LogP contribution < -0.4 is 20.9 Å². The number of nitrogens with one attached hydrogen (secondary N) is 1. The molecule has 2 aliphatic rings. The third kappa shape index (κ3) is 4.82. The van der Waals surface area contributed by atoms with Crippen molar-refractivity contribution in [3.8, 4) is 5.82 Å². The lowest BCUT2D eigenvalue weighted by Gasteiger charge is -2.36. The maximum atomic E-state index is 14.1. The van der Waals surface area contributed by atoms with E-state index in [4.69, 9.17) is 20.4 Å². The molecule has 12 heteroatoms. The standard InChI is InChI=1S/C24H30F2N8O2/c1-15-14-36-11-10-33(15)24-30-19(32-8-6-16(7-9-32)28-21(35)13-27)12-20(31-24)34-18-5-3-2-4-17(18)29-23(34)22(25)26/h2-5,12,15-16,22H,6-11,13-14,27H2,1H3,(H,28,35)/t15-/m0/s1. The predicted octanol–water partition coefficient (Wildman–Crippen LogP) is 2.02. The minimum Gasteiger partial charge on any atom is -0.377 e. The molecule has 1 amide bonds.